The van der Waals surface area contributed by atoms with Gasteiger partial charge in [-0.05, 0) is 50.5 Å². The molecule has 3 aliphatic rings. The highest BCUT2D eigenvalue weighted by Crippen LogP contribution is 2.31. The first-order chi connectivity index (χ1) is 17.0. The number of nitrogens with one attached hydrogen (secondary N) is 1. The van der Waals surface area contributed by atoms with Gasteiger partial charge in [-0.15, -0.1) is 0 Å². The highest BCUT2D eigenvalue weighted by atomic mass is 35.5. The second-order valence-electron chi connectivity index (χ2n) is 10.4. The molecule has 0 amide bonds. The smallest absolute Gasteiger partial charge is 0.288 e. The highest BCUT2D eigenvalue weighted by molar-refractivity contribution is 6.29. The van der Waals surface area contributed by atoms with Crippen molar-refractivity contribution in [2.45, 2.75) is 130 Å². The molecule has 3 fully saturated rings. The molecule has 4 nitrogen and oxygen atoms in total. The molecule has 35 heavy (non-hydrogen) atoms. The van der Waals surface area contributed by atoms with Gasteiger partial charge in [0.15, 0.2) is 5.15 Å². The van der Waals surface area contributed by atoms with Crippen LogP contribution in [0.2, 0.25) is 5.15 Å². The zero-order chi connectivity index (χ0) is 25.8. The van der Waals surface area contributed by atoms with E-state index in [-0.39, 0.29) is 16.8 Å². The van der Waals surface area contributed by atoms with E-state index < -0.39 is 0 Å². The van der Waals surface area contributed by atoms with Gasteiger partial charge >= 0.3 is 0 Å². The molecule has 2 atom stereocenters. The summed E-state index contributed by atoms with van der Waals surface area (Å²) in [7, 11) is 0. The Balaban J connectivity index is 0.000000280. The third kappa shape index (κ3) is 8.60. The Hall–Kier alpha value is -1.39. The van der Waals surface area contributed by atoms with Gasteiger partial charge in [0.1, 0.15) is 0 Å². The number of fused-ring (bicyclic) bond motifs is 2. The summed E-state index contributed by atoms with van der Waals surface area (Å²) < 4.78 is 1.86. The number of allylic oxidation sites excluding steroid dienone is 1. The van der Waals surface area contributed by atoms with E-state index in [0.29, 0.717) is 17.4 Å². The van der Waals surface area contributed by atoms with Crippen LogP contribution in [0.15, 0.2) is 17.4 Å². The number of nitrogens with zero attached hydrogens (tertiary/aromatic N) is 2. The van der Waals surface area contributed by atoms with Gasteiger partial charge in [-0.3, -0.25) is 4.79 Å². The minimum Gasteiger partial charge on any atom is -0.311 e. The van der Waals surface area contributed by atoms with Crippen molar-refractivity contribution in [2.24, 2.45) is 11.8 Å². The Morgan fingerprint density at radius 1 is 1.06 bits per heavy atom. The molecule has 2 unspecified atom stereocenters. The zero-order valence-corrected chi connectivity index (χ0v) is 23.7. The summed E-state index contributed by atoms with van der Waals surface area (Å²) in [6, 6.07) is 1.20. The summed E-state index contributed by atoms with van der Waals surface area (Å²) in [6.07, 6.45) is 21.4. The van der Waals surface area contributed by atoms with Gasteiger partial charge < -0.3 is 9.88 Å². The minimum atomic E-state index is -0.180. The van der Waals surface area contributed by atoms with Gasteiger partial charge in [-0.1, -0.05) is 109 Å². The van der Waals surface area contributed by atoms with Crippen LogP contribution in [0.3, 0.4) is 0 Å². The SMILES string of the molecule is C=C/C=c1/nc(Cl)c(=O)n(C2CC3CCCC(C2)N3)/c1=C/C.CC.CCC1CCCC(C)CCC1. The van der Waals surface area contributed by atoms with E-state index in [9.17, 15) is 4.79 Å². The third-order valence-corrected chi connectivity index (χ3v) is 8.18. The zero-order valence-electron chi connectivity index (χ0n) is 23.0. The second kappa shape index (κ2) is 15.7. The summed E-state index contributed by atoms with van der Waals surface area (Å²) in [5, 5.41) is 5.27. The summed E-state index contributed by atoms with van der Waals surface area (Å²) >= 11 is 6.10. The summed E-state index contributed by atoms with van der Waals surface area (Å²) in [6.45, 7) is 14.4. The Morgan fingerprint density at radius 2 is 1.63 bits per heavy atom. The lowest BCUT2D eigenvalue weighted by Gasteiger charge is -2.41. The van der Waals surface area contributed by atoms with Crippen molar-refractivity contribution >= 4 is 23.8 Å². The molecule has 2 saturated heterocycles. The van der Waals surface area contributed by atoms with Crippen molar-refractivity contribution in [2.75, 3.05) is 0 Å². The van der Waals surface area contributed by atoms with Gasteiger partial charge in [-0.2, -0.15) is 0 Å². The molecule has 0 radical (unpaired) electrons. The minimum absolute atomic E-state index is 0.0439. The lowest BCUT2D eigenvalue weighted by Crippen LogP contribution is -2.54. The average molecular weight is 504 g/mol. The quantitative estimate of drug-likeness (QED) is 0.509. The van der Waals surface area contributed by atoms with E-state index in [0.717, 1.165) is 30.0 Å². The van der Waals surface area contributed by atoms with Crippen molar-refractivity contribution in [1.82, 2.24) is 14.9 Å². The maximum absolute atomic E-state index is 12.6. The van der Waals surface area contributed by atoms with Crippen LogP contribution in [-0.4, -0.2) is 21.6 Å². The Bertz CT molecular complexity index is 932. The molecule has 3 heterocycles. The largest absolute Gasteiger partial charge is 0.311 e. The number of piperidine rings is 2. The number of hydrogen-bond donors (Lipinski definition) is 1. The van der Waals surface area contributed by atoms with Crippen molar-refractivity contribution in [1.29, 1.82) is 0 Å². The van der Waals surface area contributed by atoms with Gasteiger partial charge in [-0.25, -0.2) is 4.98 Å². The molecule has 2 bridgehead atoms. The van der Waals surface area contributed by atoms with Crippen LogP contribution < -0.4 is 21.6 Å². The summed E-state index contributed by atoms with van der Waals surface area (Å²) in [5.41, 5.74) is -0.180. The van der Waals surface area contributed by atoms with Crippen LogP contribution >= 0.6 is 11.6 Å². The van der Waals surface area contributed by atoms with E-state index >= 15 is 0 Å². The van der Waals surface area contributed by atoms with Crippen molar-refractivity contribution in [3.63, 3.8) is 0 Å². The van der Waals surface area contributed by atoms with E-state index in [1.165, 1.54) is 64.2 Å². The molecule has 0 aromatic carbocycles. The normalized spacial score (nSPS) is 29.6. The standard InChI is InChI=1S/C17H22ClN3O.C11H22.C2H6/c1-3-6-14-15(4-2)21(17(22)16(18)20-14)13-9-11-7-5-8-12(10-13)19-11;1-3-11-8-4-6-10(2)7-5-9-11;1-2/h3-4,6,11-13,19H,1,5,7-10H2,2H3;10-11H,3-9H2,1-2H3;1-2H3/b14-6+,15-4+;;. The molecule has 1 N–H and O–H groups in total. The van der Waals surface area contributed by atoms with Crippen molar-refractivity contribution in [3.8, 4) is 0 Å². The maximum atomic E-state index is 12.6. The summed E-state index contributed by atoms with van der Waals surface area (Å²) in [5.74, 6) is 2.07. The molecule has 1 aromatic heterocycles. The molecule has 5 heteroatoms. The lowest BCUT2D eigenvalue weighted by atomic mass is 9.84. The number of aromatic nitrogens is 2. The van der Waals surface area contributed by atoms with Gasteiger partial charge in [0, 0.05) is 18.1 Å². The lowest BCUT2D eigenvalue weighted by molar-refractivity contribution is 0.184. The Labute approximate surface area is 219 Å². The number of hydrogen-bond acceptors (Lipinski definition) is 3. The van der Waals surface area contributed by atoms with Crippen LogP contribution in [-0.2, 0) is 0 Å². The van der Waals surface area contributed by atoms with E-state index in [4.69, 9.17) is 11.6 Å². The van der Waals surface area contributed by atoms with Crippen LogP contribution in [0, 0.1) is 11.8 Å². The average Bonchev–Trinajstić information content (AvgIpc) is 2.85. The van der Waals surface area contributed by atoms with E-state index in [1.807, 2.05) is 31.4 Å². The first-order valence-corrected chi connectivity index (χ1v) is 14.7. The van der Waals surface area contributed by atoms with Crippen molar-refractivity contribution < 1.29 is 0 Å². The molecule has 1 saturated carbocycles. The van der Waals surface area contributed by atoms with Gasteiger partial charge in [0.05, 0.1) is 10.7 Å². The molecule has 1 aromatic rings. The van der Waals surface area contributed by atoms with E-state index in [2.05, 4.69) is 30.7 Å². The highest BCUT2D eigenvalue weighted by Gasteiger charge is 2.33. The molecule has 0 spiro atoms. The molecular formula is C30H50ClN3O. The maximum Gasteiger partial charge on any atom is 0.288 e. The predicted octanol–water partition coefficient (Wildman–Crippen LogP) is 6.54. The summed E-state index contributed by atoms with van der Waals surface area (Å²) in [4.78, 5) is 16.8. The van der Waals surface area contributed by atoms with Crippen molar-refractivity contribution in [3.05, 3.63) is 38.9 Å². The monoisotopic (exact) mass is 503 g/mol. The number of rotatable bonds is 3. The van der Waals surface area contributed by atoms with Gasteiger partial charge in [0.2, 0.25) is 0 Å². The van der Waals surface area contributed by atoms with Crippen LogP contribution in [0.4, 0.5) is 0 Å². The van der Waals surface area contributed by atoms with Crippen LogP contribution in [0.1, 0.15) is 118 Å². The molecule has 2 aliphatic heterocycles. The second-order valence-corrected chi connectivity index (χ2v) is 10.8. The Kier molecular flexibility index (Phi) is 13.4. The fourth-order valence-corrected chi connectivity index (χ4v) is 6.26. The fraction of sp³-hybridized carbons (Fsp3) is 0.733. The topological polar surface area (TPSA) is 46.9 Å². The van der Waals surface area contributed by atoms with E-state index in [1.54, 1.807) is 12.2 Å². The Morgan fingerprint density at radius 3 is 2.14 bits per heavy atom. The molecular weight excluding hydrogens is 454 g/mol. The first kappa shape index (κ1) is 29.8. The molecule has 198 valence electrons. The first-order valence-electron chi connectivity index (χ1n) is 14.3. The number of halogens is 1. The van der Waals surface area contributed by atoms with Crippen LogP contribution in [0.5, 0.6) is 0 Å². The molecule has 1 aliphatic carbocycles. The molecule has 4 rings (SSSR count). The third-order valence-electron chi connectivity index (χ3n) is 7.94. The fourth-order valence-electron chi connectivity index (χ4n) is 6.08. The van der Waals surface area contributed by atoms with Gasteiger partial charge in [0.25, 0.3) is 5.56 Å². The van der Waals surface area contributed by atoms with Crippen LogP contribution in [0.25, 0.3) is 12.2 Å². The predicted molar refractivity (Wildman–Crippen MR) is 152 cm³/mol.